The van der Waals surface area contributed by atoms with E-state index in [9.17, 15) is 4.79 Å². The highest BCUT2D eigenvalue weighted by Gasteiger charge is 2.13. The van der Waals surface area contributed by atoms with Crippen LogP contribution in [0.25, 0.3) is 28.4 Å². The van der Waals surface area contributed by atoms with Gasteiger partial charge < -0.3 is 4.42 Å². The highest BCUT2D eigenvalue weighted by Crippen LogP contribution is 2.26. The molecule has 1 heterocycles. The van der Waals surface area contributed by atoms with Crippen molar-refractivity contribution in [1.82, 2.24) is 0 Å². The summed E-state index contributed by atoms with van der Waals surface area (Å²) in [5, 5.41) is 0.597. The normalized spacial score (nSPS) is 15.5. The molecular weight excluding hydrogens is 296 g/mol. The second kappa shape index (κ2) is 6.48. The predicted octanol–water partition coefficient (Wildman–Crippen LogP) is 4.88. The zero-order valence-corrected chi connectivity index (χ0v) is 13.0. The van der Waals surface area contributed by atoms with Crippen molar-refractivity contribution >= 4 is 17.0 Å². The van der Waals surface area contributed by atoms with Gasteiger partial charge in [-0.1, -0.05) is 48.6 Å². The second-order valence-electron chi connectivity index (χ2n) is 5.65. The topological polar surface area (TPSA) is 30.2 Å². The van der Waals surface area contributed by atoms with Crippen LogP contribution in [0.5, 0.6) is 0 Å². The summed E-state index contributed by atoms with van der Waals surface area (Å²) in [7, 11) is 0. The average molecular weight is 311 g/mol. The molecule has 1 fully saturated rings. The molecule has 5 radical (unpaired) electrons. The molecule has 0 N–H and O–H groups in total. The smallest absolute Gasteiger partial charge is 0.193 e. The molecule has 2 nitrogen and oxygen atoms in total. The number of rotatable bonds is 3. The lowest BCUT2D eigenvalue weighted by atomic mass is 10.0. The fraction of sp³-hybridized carbons (Fsp3) is 0. The SMILES string of the molecule is O=c1cc(-c2ccccc2)oc2ccc(/C=C/[C]3[CH][CH][CH][CH]3)cc12. The van der Waals surface area contributed by atoms with E-state index in [2.05, 4.69) is 0 Å². The Morgan fingerprint density at radius 1 is 0.833 bits per heavy atom. The number of hydrogen-bond donors (Lipinski definition) is 0. The first-order valence-electron chi connectivity index (χ1n) is 7.83. The fourth-order valence-electron chi connectivity index (χ4n) is 2.71. The maximum absolute atomic E-state index is 12.5. The van der Waals surface area contributed by atoms with E-state index < -0.39 is 0 Å². The van der Waals surface area contributed by atoms with Crippen molar-refractivity contribution < 1.29 is 4.42 Å². The van der Waals surface area contributed by atoms with E-state index in [-0.39, 0.29) is 5.43 Å². The van der Waals surface area contributed by atoms with E-state index >= 15 is 0 Å². The molecule has 1 saturated carbocycles. The standard InChI is InChI=1S/C22H15O2/c23-20-15-22(18-8-2-1-3-9-18)24-21-13-12-17(14-19(20)21)11-10-16-6-4-5-7-16/h1-15H/b11-10+. The van der Waals surface area contributed by atoms with Gasteiger partial charge in [-0.05, 0) is 43.4 Å². The molecule has 3 aromatic rings. The molecule has 0 unspecified atom stereocenters. The van der Waals surface area contributed by atoms with E-state index in [0.717, 1.165) is 17.0 Å². The second-order valence-corrected chi connectivity index (χ2v) is 5.65. The Labute approximate surface area is 141 Å². The van der Waals surface area contributed by atoms with Gasteiger partial charge in [-0.3, -0.25) is 4.79 Å². The Morgan fingerprint density at radius 2 is 1.62 bits per heavy atom. The van der Waals surface area contributed by atoms with Crippen molar-refractivity contribution in [1.29, 1.82) is 0 Å². The monoisotopic (exact) mass is 311 g/mol. The largest absolute Gasteiger partial charge is 0.456 e. The summed E-state index contributed by atoms with van der Waals surface area (Å²) in [5.41, 5.74) is 2.45. The first-order valence-corrected chi connectivity index (χ1v) is 7.83. The van der Waals surface area contributed by atoms with E-state index in [0.29, 0.717) is 16.7 Å². The van der Waals surface area contributed by atoms with Crippen LogP contribution >= 0.6 is 0 Å². The lowest BCUT2D eigenvalue weighted by Gasteiger charge is -2.04. The van der Waals surface area contributed by atoms with Crippen molar-refractivity contribution in [3.05, 3.63) is 108 Å². The maximum atomic E-state index is 12.5. The highest BCUT2D eigenvalue weighted by molar-refractivity contribution is 5.81. The van der Waals surface area contributed by atoms with Crippen molar-refractivity contribution in [3.63, 3.8) is 0 Å². The third kappa shape index (κ3) is 3.05. The molecule has 4 rings (SSSR count). The van der Waals surface area contributed by atoms with Crippen LogP contribution in [-0.4, -0.2) is 0 Å². The van der Waals surface area contributed by atoms with Gasteiger partial charge in [-0.25, -0.2) is 0 Å². The quantitative estimate of drug-likeness (QED) is 0.690. The molecule has 1 aliphatic rings. The zero-order valence-electron chi connectivity index (χ0n) is 13.0. The van der Waals surface area contributed by atoms with Gasteiger partial charge in [0.1, 0.15) is 11.3 Å². The van der Waals surface area contributed by atoms with Crippen LogP contribution in [0.15, 0.2) is 69.9 Å². The molecule has 115 valence electrons. The highest BCUT2D eigenvalue weighted by atomic mass is 16.3. The lowest BCUT2D eigenvalue weighted by molar-refractivity contribution is 0.619. The molecule has 2 aromatic carbocycles. The Hall–Kier alpha value is -2.61. The average Bonchev–Trinajstić information content (AvgIpc) is 3.14. The summed E-state index contributed by atoms with van der Waals surface area (Å²) in [6.07, 6.45) is 12.1. The molecule has 0 bridgehead atoms. The van der Waals surface area contributed by atoms with Gasteiger partial charge in [0.2, 0.25) is 0 Å². The van der Waals surface area contributed by atoms with Gasteiger partial charge >= 0.3 is 0 Å². The molecule has 0 aliphatic heterocycles. The summed E-state index contributed by atoms with van der Waals surface area (Å²) in [5.74, 6) is 1.73. The van der Waals surface area contributed by atoms with Crippen LogP contribution < -0.4 is 5.43 Å². The number of allylic oxidation sites excluding steroid dienone is 1. The van der Waals surface area contributed by atoms with Crippen LogP contribution in [0.4, 0.5) is 0 Å². The molecule has 1 aliphatic carbocycles. The minimum absolute atomic E-state index is 0.0290. The summed E-state index contributed by atoms with van der Waals surface area (Å²) in [6, 6.07) is 16.9. The third-order valence-corrected chi connectivity index (χ3v) is 3.97. The molecule has 2 heteroatoms. The van der Waals surface area contributed by atoms with Crippen LogP contribution in [0.3, 0.4) is 0 Å². The van der Waals surface area contributed by atoms with Crippen molar-refractivity contribution in [2.75, 3.05) is 0 Å². The van der Waals surface area contributed by atoms with E-state index in [1.54, 1.807) is 6.07 Å². The number of hydrogen-bond acceptors (Lipinski definition) is 2. The van der Waals surface area contributed by atoms with Gasteiger partial charge in [0.15, 0.2) is 5.43 Å². The third-order valence-electron chi connectivity index (χ3n) is 3.97. The fourth-order valence-corrected chi connectivity index (χ4v) is 2.71. The molecule has 0 saturated heterocycles. The van der Waals surface area contributed by atoms with E-state index in [1.165, 1.54) is 0 Å². The van der Waals surface area contributed by atoms with E-state index in [1.807, 2.05) is 86.4 Å². The van der Waals surface area contributed by atoms with Gasteiger partial charge in [-0.2, -0.15) is 0 Å². The lowest BCUT2D eigenvalue weighted by Crippen LogP contribution is -2.00. The summed E-state index contributed by atoms with van der Waals surface area (Å²) >= 11 is 0. The van der Waals surface area contributed by atoms with Crippen LogP contribution in [0.1, 0.15) is 5.56 Å². The minimum atomic E-state index is -0.0290. The van der Waals surface area contributed by atoms with Gasteiger partial charge in [0.25, 0.3) is 0 Å². The molecule has 0 amide bonds. The minimum Gasteiger partial charge on any atom is -0.456 e. The zero-order chi connectivity index (χ0) is 16.4. The molecule has 24 heavy (non-hydrogen) atoms. The van der Waals surface area contributed by atoms with Crippen molar-refractivity contribution in [3.8, 4) is 11.3 Å². The maximum Gasteiger partial charge on any atom is 0.193 e. The van der Waals surface area contributed by atoms with E-state index in [4.69, 9.17) is 4.42 Å². The van der Waals surface area contributed by atoms with Crippen LogP contribution in [-0.2, 0) is 0 Å². The molecule has 0 spiro atoms. The first-order chi connectivity index (χ1) is 11.8. The Kier molecular flexibility index (Phi) is 4.04. The summed E-state index contributed by atoms with van der Waals surface area (Å²) in [4.78, 5) is 12.5. The molecule has 1 aromatic heterocycles. The van der Waals surface area contributed by atoms with Gasteiger partial charge in [-0.15, -0.1) is 0 Å². The Morgan fingerprint density at radius 3 is 2.42 bits per heavy atom. The van der Waals surface area contributed by atoms with Gasteiger partial charge in [0.05, 0.1) is 5.39 Å². The number of benzene rings is 2. The summed E-state index contributed by atoms with van der Waals surface area (Å²) < 4.78 is 5.91. The first kappa shape index (κ1) is 14.9. The van der Waals surface area contributed by atoms with Crippen LogP contribution in [0, 0.1) is 31.6 Å². The van der Waals surface area contributed by atoms with Crippen LogP contribution in [0.2, 0.25) is 0 Å². The Balaban J connectivity index is 1.70. The van der Waals surface area contributed by atoms with Crippen molar-refractivity contribution in [2.45, 2.75) is 0 Å². The number of fused-ring (bicyclic) bond motifs is 1. The van der Waals surface area contributed by atoms with Crippen molar-refractivity contribution in [2.24, 2.45) is 0 Å². The van der Waals surface area contributed by atoms with Gasteiger partial charge in [0, 0.05) is 17.5 Å². The molecule has 0 atom stereocenters. The summed E-state index contributed by atoms with van der Waals surface area (Å²) in [6.45, 7) is 0. The molecular formula is C22H15O2. The predicted molar refractivity (Wildman–Crippen MR) is 97.4 cm³/mol. The Bertz CT molecular complexity index is 929.